The average molecular weight is 527 g/mol. The number of aryl methyl sites for hydroxylation is 2. The van der Waals surface area contributed by atoms with E-state index in [-0.39, 0.29) is 16.7 Å². The van der Waals surface area contributed by atoms with E-state index in [1.807, 2.05) is 0 Å². The van der Waals surface area contributed by atoms with Crippen LogP contribution in [0.15, 0.2) is 24.3 Å². The van der Waals surface area contributed by atoms with E-state index in [9.17, 15) is 0 Å². The lowest BCUT2D eigenvalue weighted by atomic mass is 9.79. The zero-order valence-electron chi connectivity index (χ0n) is 25.2. The second-order valence-electron chi connectivity index (χ2n) is 13.0. The molecular formula is C33H51O3P. The molecule has 3 nitrogen and oxygen atoms in total. The van der Waals surface area contributed by atoms with E-state index in [2.05, 4.69) is 93.5 Å². The fourth-order valence-corrected chi connectivity index (χ4v) is 6.28. The predicted octanol–water partition coefficient (Wildman–Crippen LogP) is 10.8. The minimum atomic E-state index is -1.58. The van der Waals surface area contributed by atoms with Crippen LogP contribution in [-0.2, 0) is 15.4 Å². The van der Waals surface area contributed by atoms with E-state index >= 15 is 0 Å². The lowest BCUT2D eigenvalue weighted by Gasteiger charge is -2.34. The standard InChI is InChI=1S/C33H51O3P/c1-11-12-13-14-15-16-17-18-34-37-35-30-26(19-23(2)21-28(30)32(5,6)7)25(4)27-20-24(3)22-29(31(27)36-37)33(8,9)10/h19-22,25H,11-18H2,1-10H3. The molecule has 2 aromatic rings. The molecule has 0 aliphatic carbocycles. The Balaban J connectivity index is 2.00. The maximum Gasteiger partial charge on any atom is 0.463 e. The van der Waals surface area contributed by atoms with Gasteiger partial charge >= 0.3 is 8.60 Å². The van der Waals surface area contributed by atoms with Gasteiger partial charge in [-0.3, -0.25) is 4.52 Å². The van der Waals surface area contributed by atoms with Crippen molar-refractivity contribution in [2.24, 2.45) is 0 Å². The summed E-state index contributed by atoms with van der Waals surface area (Å²) in [4.78, 5) is 0. The van der Waals surface area contributed by atoms with Crippen molar-refractivity contribution in [3.8, 4) is 11.5 Å². The summed E-state index contributed by atoms with van der Waals surface area (Å²) in [5.41, 5.74) is 7.31. The molecule has 0 bridgehead atoms. The topological polar surface area (TPSA) is 27.7 Å². The normalized spacial score (nSPS) is 17.8. The summed E-state index contributed by atoms with van der Waals surface area (Å²) in [6.07, 6.45) is 8.78. The second kappa shape index (κ2) is 12.5. The second-order valence-corrected chi connectivity index (χ2v) is 14.1. The Labute approximate surface area is 228 Å². The van der Waals surface area contributed by atoms with Crippen LogP contribution in [0, 0.1) is 13.8 Å². The van der Waals surface area contributed by atoms with Crippen LogP contribution < -0.4 is 9.05 Å². The van der Waals surface area contributed by atoms with E-state index in [1.54, 1.807) is 0 Å². The number of benzene rings is 2. The van der Waals surface area contributed by atoms with E-state index in [0.717, 1.165) is 17.9 Å². The molecule has 0 aromatic heterocycles. The molecule has 1 aliphatic rings. The zero-order valence-corrected chi connectivity index (χ0v) is 26.1. The number of fused-ring (bicyclic) bond motifs is 2. The van der Waals surface area contributed by atoms with Gasteiger partial charge in [-0.15, -0.1) is 0 Å². The van der Waals surface area contributed by atoms with E-state index < -0.39 is 8.60 Å². The van der Waals surface area contributed by atoms with Crippen molar-refractivity contribution >= 4 is 8.60 Å². The maximum atomic E-state index is 6.75. The van der Waals surface area contributed by atoms with Crippen LogP contribution in [0.1, 0.15) is 140 Å². The summed E-state index contributed by atoms with van der Waals surface area (Å²) in [6, 6.07) is 9.14. The summed E-state index contributed by atoms with van der Waals surface area (Å²) >= 11 is 0. The molecule has 4 heteroatoms. The van der Waals surface area contributed by atoms with Gasteiger partial charge in [0.1, 0.15) is 11.5 Å². The van der Waals surface area contributed by atoms with Crippen LogP contribution in [0.3, 0.4) is 0 Å². The highest BCUT2D eigenvalue weighted by atomic mass is 31.2. The summed E-state index contributed by atoms with van der Waals surface area (Å²) in [5.74, 6) is 2.04. The zero-order chi connectivity index (χ0) is 27.4. The van der Waals surface area contributed by atoms with Crippen molar-refractivity contribution in [3.05, 3.63) is 57.6 Å². The van der Waals surface area contributed by atoms with Crippen LogP contribution in [0.25, 0.3) is 0 Å². The Morgan fingerprint density at radius 2 is 1.14 bits per heavy atom. The Hall–Kier alpha value is -1.57. The molecule has 0 fully saturated rings. The van der Waals surface area contributed by atoms with Crippen molar-refractivity contribution in [1.29, 1.82) is 0 Å². The minimum absolute atomic E-state index is 0.0550. The number of hydrogen-bond acceptors (Lipinski definition) is 3. The van der Waals surface area contributed by atoms with Gasteiger partial charge in [0.15, 0.2) is 0 Å². The molecule has 37 heavy (non-hydrogen) atoms. The van der Waals surface area contributed by atoms with Gasteiger partial charge in [-0.2, -0.15) is 0 Å². The summed E-state index contributed by atoms with van der Waals surface area (Å²) in [5, 5.41) is 0. The third-order valence-electron chi connectivity index (χ3n) is 7.35. The molecule has 0 saturated carbocycles. The van der Waals surface area contributed by atoms with Gasteiger partial charge in [0.25, 0.3) is 0 Å². The number of rotatable bonds is 9. The van der Waals surface area contributed by atoms with Crippen LogP contribution in [0.4, 0.5) is 0 Å². The quantitative estimate of drug-likeness (QED) is 0.240. The molecule has 2 aromatic carbocycles. The molecular weight excluding hydrogens is 475 g/mol. The van der Waals surface area contributed by atoms with Gasteiger partial charge in [0.05, 0.1) is 6.61 Å². The van der Waals surface area contributed by atoms with Crippen LogP contribution >= 0.6 is 8.60 Å². The van der Waals surface area contributed by atoms with E-state index in [1.165, 1.54) is 71.9 Å². The predicted molar refractivity (Wildman–Crippen MR) is 159 cm³/mol. The molecule has 0 unspecified atom stereocenters. The van der Waals surface area contributed by atoms with Gasteiger partial charge in [0, 0.05) is 28.2 Å². The van der Waals surface area contributed by atoms with Gasteiger partial charge in [-0.05, 0) is 31.1 Å². The highest BCUT2D eigenvalue weighted by Crippen LogP contribution is 2.55. The maximum absolute atomic E-state index is 6.75. The van der Waals surface area contributed by atoms with Crippen molar-refractivity contribution in [2.75, 3.05) is 6.61 Å². The third kappa shape index (κ3) is 7.73. The van der Waals surface area contributed by atoms with Crippen molar-refractivity contribution in [2.45, 2.75) is 131 Å². The lowest BCUT2D eigenvalue weighted by Crippen LogP contribution is -2.20. The monoisotopic (exact) mass is 526 g/mol. The first-order valence-electron chi connectivity index (χ1n) is 14.4. The highest BCUT2D eigenvalue weighted by Gasteiger charge is 2.35. The molecule has 0 amide bonds. The fourth-order valence-electron chi connectivity index (χ4n) is 5.15. The van der Waals surface area contributed by atoms with E-state index in [0.29, 0.717) is 6.61 Å². The molecule has 206 valence electrons. The molecule has 0 atom stereocenters. The van der Waals surface area contributed by atoms with Gasteiger partial charge in [-0.25, -0.2) is 0 Å². The molecule has 1 heterocycles. The number of hydrogen-bond donors (Lipinski definition) is 0. The van der Waals surface area contributed by atoms with Crippen LogP contribution in [0.5, 0.6) is 11.5 Å². The SMILES string of the molecule is CCCCCCCCCOP1Oc2c(cc(C)cc2C(C)(C)C)C(C)c2cc(C)cc(C(C)(C)C)c2O1. The average Bonchev–Trinajstić information content (AvgIpc) is 2.79. The molecule has 0 saturated heterocycles. The first kappa shape index (κ1) is 30.0. The lowest BCUT2D eigenvalue weighted by molar-refractivity contribution is 0.253. The molecule has 0 spiro atoms. The summed E-state index contributed by atoms with van der Waals surface area (Å²) in [6.45, 7) is 23.1. The Kier molecular flexibility index (Phi) is 10.1. The van der Waals surface area contributed by atoms with Crippen LogP contribution in [0.2, 0.25) is 0 Å². The highest BCUT2D eigenvalue weighted by molar-refractivity contribution is 7.42. The fraction of sp³-hybridized carbons (Fsp3) is 0.636. The van der Waals surface area contributed by atoms with Gasteiger partial charge in [-0.1, -0.05) is 129 Å². The smallest absolute Gasteiger partial charge is 0.417 e. The summed E-state index contributed by atoms with van der Waals surface area (Å²) < 4.78 is 19.9. The van der Waals surface area contributed by atoms with Crippen LogP contribution in [-0.4, -0.2) is 6.61 Å². The van der Waals surface area contributed by atoms with Crippen molar-refractivity contribution in [3.63, 3.8) is 0 Å². The number of unbranched alkanes of at least 4 members (excludes halogenated alkanes) is 6. The van der Waals surface area contributed by atoms with Gasteiger partial charge < -0.3 is 9.05 Å². The summed E-state index contributed by atoms with van der Waals surface area (Å²) in [7, 11) is -1.58. The Bertz CT molecular complexity index is 971. The molecule has 0 N–H and O–H groups in total. The minimum Gasteiger partial charge on any atom is -0.417 e. The van der Waals surface area contributed by atoms with E-state index in [4.69, 9.17) is 13.6 Å². The molecule has 1 aliphatic heterocycles. The molecule has 3 rings (SSSR count). The van der Waals surface area contributed by atoms with Crippen molar-refractivity contribution in [1.82, 2.24) is 0 Å². The third-order valence-corrected chi connectivity index (χ3v) is 8.41. The first-order valence-corrected chi connectivity index (χ1v) is 15.5. The largest absolute Gasteiger partial charge is 0.463 e. The first-order chi connectivity index (χ1) is 17.3. The molecule has 0 radical (unpaired) electrons. The van der Waals surface area contributed by atoms with Crippen molar-refractivity contribution < 1.29 is 13.6 Å². The Morgan fingerprint density at radius 3 is 1.57 bits per heavy atom. The van der Waals surface area contributed by atoms with Gasteiger partial charge in [0.2, 0.25) is 0 Å². The Morgan fingerprint density at radius 1 is 0.703 bits per heavy atom.